The van der Waals surface area contributed by atoms with Crippen LogP contribution in [0.4, 0.5) is 0 Å². The molecule has 2 N–H and O–H groups in total. The topological polar surface area (TPSA) is 93.4 Å². The van der Waals surface area contributed by atoms with E-state index in [2.05, 4.69) is 15.3 Å². The van der Waals surface area contributed by atoms with Crippen molar-refractivity contribution in [2.75, 3.05) is 6.54 Å². The smallest absolute Gasteiger partial charge is 0.318 e. The van der Waals surface area contributed by atoms with Gasteiger partial charge in [-0.2, -0.15) is 0 Å². The molecule has 7 heteroatoms. The summed E-state index contributed by atoms with van der Waals surface area (Å²) in [7, 11) is 0. The van der Waals surface area contributed by atoms with E-state index in [0.717, 1.165) is 5.69 Å². The minimum absolute atomic E-state index is 0. The maximum atomic E-state index is 11.5. The third-order valence-corrected chi connectivity index (χ3v) is 2.28. The van der Waals surface area contributed by atoms with Gasteiger partial charge in [0, 0.05) is 27.0 Å². The number of hydrogen-bond acceptors (Lipinski definition) is 3. The summed E-state index contributed by atoms with van der Waals surface area (Å²) >= 11 is 0. The van der Waals surface area contributed by atoms with Crippen molar-refractivity contribution in [3.8, 4) is 0 Å². The van der Waals surface area contributed by atoms with Gasteiger partial charge in [0.1, 0.15) is 5.41 Å². The number of carboxylic acid groups (broad SMARTS) is 1. The standard InChI is InChI=1S/C10H15N3O3.Pd/c1-10(2,9(15)16)8(14)12-4-3-7-5-11-6-13-7;/h5-6H,3-4H2,1-2H3,(H3,11,12,13,14,15,16);/p-1. The molecule has 0 bridgehead atoms. The molecular weight excluding hydrogens is 317 g/mol. The summed E-state index contributed by atoms with van der Waals surface area (Å²) in [5.41, 5.74) is -0.633. The average molecular weight is 331 g/mol. The summed E-state index contributed by atoms with van der Waals surface area (Å²) in [6.45, 7) is 3.09. The van der Waals surface area contributed by atoms with Crippen molar-refractivity contribution in [3.05, 3.63) is 18.2 Å². The SMILES string of the molecule is CC(C)(C(=O)O)C(=O)NCCc1cnc[n-]1.[Pd]. The number of carbonyl (C=O) groups is 2. The molecule has 1 heterocycles. The van der Waals surface area contributed by atoms with E-state index >= 15 is 0 Å². The van der Waals surface area contributed by atoms with Gasteiger partial charge in [-0.25, -0.2) is 0 Å². The van der Waals surface area contributed by atoms with Gasteiger partial charge >= 0.3 is 5.97 Å². The van der Waals surface area contributed by atoms with Crippen LogP contribution < -0.4 is 10.3 Å². The Morgan fingerprint density at radius 3 is 2.65 bits per heavy atom. The number of rotatable bonds is 5. The van der Waals surface area contributed by atoms with Crippen LogP contribution >= 0.6 is 0 Å². The first-order chi connectivity index (χ1) is 7.44. The zero-order chi connectivity index (χ0) is 12.2. The van der Waals surface area contributed by atoms with Crippen LogP contribution in [0, 0.1) is 5.41 Å². The maximum Gasteiger partial charge on any atom is 0.318 e. The Labute approximate surface area is 113 Å². The van der Waals surface area contributed by atoms with E-state index in [4.69, 9.17) is 5.11 Å². The van der Waals surface area contributed by atoms with Gasteiger partial charge in [0.15, 0.2) is 0 Å². The van der Waals surface area contributed by atoms with Crippen molar-refractivity contribution in [1.82, 2.24) is 15.3 Å². The predicted molar refractivity (Wildman–Crippen MR) is 55.7 cm³/mol. The molecule has 1 rings (SSSR count). The number of nitrogens with one attached hydrogen (secondary N) is 1. The van der Waals surface area contributed by atoms with E-state index in [1.807, 2.05) is 0 Å². The fraction of sp³-hybridized carbons (Fsp3) is 0.500. The summed E-state index contributed by atoms with van der Waals surface area (Å²) in [5, 5.41) is 11.4. The first-order valence-corrected chi connectivity index (χ1v) is 4.88. The number of aromatic nitrogens is 2. The van der Waals surface area contributed by atoms with E-state index in [9.17, 15) is 9.59 Å². The summed E-state index contributed by atoms with van der Waals surface area (Å²) in [6.07, 6.45) is 3.58. The van der Waals surface area contributed by atoms with E-state index in [1.54, 1.807) is 6.20 Å². The van der Waals surface area contributed by atoms with Crippen LogP contribution in [-0.4, -0.2) is 28.5 Å². The minimum atomic E-state index is -1.41. The third kappa shape index (κ3) is 4.29. The number of carboxylic acids is 1. The average Bonchev–Trinajstić information content (AvgIpc) is 2.70. The van der Waals surface area contributed by atoms with Crippen molar-refractivity contribution >= 4 is 11.9 Å². The second-order valence-electron chi connectivity index (χ2n) is 3.95. The number of carbonyl (C=O) groups excluding carboxylic acids is 1. The predicted octanol–water partition coefficient (Wildman–Crippen LogP) is -0.194. The molecule has 0 radical (unpaired) electrons. The summed E-state index contributed by atoms with van der Waals surface area (Å²) in [5.74, 6) is -1.64. The second kappa shape index (κ2) is 6.52. The number of amides is 1. The normalized spacial score (nSPS) is 10.5. The quantitative estimate of drug-likeness (QED) is 0.576. The van der Waals surface area contributed by atoms with Crippen LogP contribution in [-0.2, 0) is 36.4 Å². The molecule has 6 nitrogen and oxygen atoms in total. The molecule has 0 fully saturated rings. The molecule has 1 aromatic rings. The fourth-order valence-electron chi connectivity index (χ4n) is 1.01. The molecular formula is C10H14N3O3Pd-. The van der Waals surface area contributed by atoms with Gasteiger partial charge in [-0.15, -0.1) is 0 Å². The van der Waals surface area contributed by atoms with Gasteiger partial charge in [0.2, 0.25) is 5.91 Å². The molecule has 0 atom stereocenters. The molecule has 98 valence electrons. The van der Waals surface area contributed by atoms with Crippen molar-refractivity contribution in [3.63, 3.8) is 0 Å². The monoisotopic (exact) mass is 330 g/mol. The maximum absolute atomic E-state index is 11.5. The van der Waals surface area contributed by atoms with Gasteiger partial charge in [-0.3, -0.25) is 9.59 Å². The Morgan fingerprint density at radius 2 is 2.18 bits per heavy atom. The third-order valence-electron chi connectivity index (χ3n) is 2.28. The Bertz CT molecular complexity index is 376. The van der Waals surface area contributed by atoms with Crippen LogP contribution in [0.15, 0.2) is 12.5 Å². The molecule has 1 aromatic heterocycles. The first kappa shape index (κ1) is 15.8. The minimum Gasteiger partial charge on any atom is -0.480 e. The van der Waals surface area contributed by atoms with Crippen LogP contribution in [0.1, 0.15) is 19.5 Å². The molecule has 0 saturated heterocycles. The Hall–Kier alpha value is -1.19. The van der Waals surface area contributed by atoms with Gasteiger partial charge in [-0.05, 0) is 20.3 Å². The van der Waals surface area contributed by atoms with E-state index in [1.165, 1.54) is 20.2 Å². The molecule has 0 aliphatic carbocycles. The Morgan fingerprint density at radius 1 is 1.53 bits per heavy atom. The largest absolute Gasteiger partial charge is 0.480 e. The molecule has 0 aromatic carbocycles. The number of nitrogens with zero attached hydrogens (tertiary/aromatic N) is 2. The summed E-state index contributed by atoms with van der Waals surface area (Å²) in [4.78, 5) is 30.0. The molecule has 17 heavy (non-hydrogen) atoms. The molecule has 0 aliphatic heterocycles. The molecule has 1 amide bonds. The number of hydrogen-bond donors (Lipinski definition) is 2. The number of imidazole rings is 1. The Kier molecular flexibility index (Phi) is 6.07. The summed E-state index contributed by atoms with van der Waals surface area (Å²) in [6, 6.07) is 0. The molecule has 0 unspecified atom stereocenters. The van der Waals surface area contributed by atoms with Crippen LogP contribution in [0.5, 0.6) is 0 Å². The fourth-order valence-corrected chi connectivity index (χ4v) is 1.01. The molecule has 0 aliphatic rings. The first-order valence-electron chi connectivity index (χ1n) is 4.88. The summed E-state index contributed by atoms with van der Waals surface area (Å²) < 4.78 is 0. The second-order valence-corrected chi connectivity index (χ2v) is 3.95. The van der Waals surface area contributed by atoms with E-state index in [0.29, 0.717) is 13.0 Å². The van der Waals surface area contributed by atoms with Gasteiger partial charge < -0.3 is 20.4 Å². The molecule has 0 saturated carbocycles. The van der Waals surface area contributed by atoms with Crippen molar-refractivity contribution < 1.29 is 35.1 Å². The van der Waals surface area contributed by atoms with Gasteiger partial charge in [0.05, 0.1) is 0 Å². The molecule has 0 spiro atoms. The zero-order valence-corrected chi connectivity index (χ0v) is 11.1. The van der Waals surface area contributed by atoms with Gasteiger partial charge in [0.25, 0.3) is 0 Å². The van der Waals surface area contributed by atoms with Crippen LogP contribution in [0.2, 0.25) is 0 Å². The van der Waals surface area contributed by atoms with Crippen molar-refractivity contribution in [2.45, 2.75) is 20.3 Å². The zero-order valence-electron chi connectivity index (χ0n) is 9.54. The Balaban J connectivity index is 0.00000256. The van der Waals surface area contributed by atoms with Crippen molar-refractivity contribution in [1.29, 1.82) is 0 Å². The number of aliphatic carboxylic acids is 1. The van der Waals surface area contributed by atoms with Crippen molar-refractivity contribution in [2.24, 2.45) is 5.41 Å². The van der Waals surface area contributed by atoms with E-state index < -0.39 is 17.3 Å². The van der Waals surface area contributed by atoms with Gasteiger partial charge in [-0.1, -0.05) is 18.2 Å². The van der Waals surface area contributed by atoms with Crippen LogP contribution in [0.3, 0.4) is 0 Å². The van der Waals surface area contributed by atoms with E-state index in [-0.39, 0.29) is 20.4 Å². The van der Waals surface area contributed by atoms with Crippen LogP contribution in [0.25, 0.3) is 0 Å².